The van der Waals surface area contributed by atoms with Crippen molar-refractivity contribution < 1.29 is 19.2 Å². The highest BCUT2D eigenvalue weighted by molar-refractivity contribution is 6.01. The quantitative estimate of drug-likeness (QED) is 0.326. The zero-order chi connectivity index (χ0) is 20.1. The second kappa shape index (κ2) is 8.65. The van der Waals surface area contributed by atoms with Crippen LogP contribution in [0.3, 0.4) is 0 Å². The molecule has 1 fully saturated rings. The number of rotatable bonds is 6. The molecular weight excluding hydrogens is 360 g/mol. The predicted octanol–water partition coefficient (Wildman–Crippen LogP) is 3.87. The smallest absolute Gasteiger partial charge is 0.340 e. The molecule has 0 radical (unpaired) electrons. The first-order valence-corrected chi connectivity index (χ1v) is 9.24. The lowest BCUT2D eigenvalue weighted by atomic mass is 9.98. The molecule has 0 unspecified atom stereocenters. The Morgan fingerprint density at radius 2 is 1.82 bits per heavy atom. The van der Waals surface area contributed by atoms with Crippen molar-refractivity contribution in [3.05, 3.63) is 69.8 Å². The molecule has 0 aromatic heterocycles. The molecule has 2 aromatic carbocycles. The van der Waals surface area contributed by atoms with Crippen molar-refractivity contribution in [2.24, 2.45) is 5.92 Å². The standard InChI is InChI=1S/C21H22N2O5/c1-15-9-11-22(12-10-15)19-8-7-17(23(26)27)13-18(19)21(25)28-14-20(24)16-5-3-2-4-6-16/h2-8,13,15H,9-12,14H2,1H3. The summed E-state index contributed by atoms with van der Waals surface area (Å²) < 4.78 is 5.19. The minimum atomic E-state index is -0.735. The van der Waals surface area contributed by atoms with Gasteiger partial charge in [0, 0.05) is 30.8 Å². The lowest BCUT2D eigenvalue weighted by molar-refractivity contribution is -0.384. The van der Waals surface area contributed by atoms with Crippen LogP contribution in [0, 0.1) is 16.0 Å². The van der Waals surface area contributed by atoms with Crippen LogP contribution >= 0.6 is 0 Å². The number of esters is 1. The number of nitro benzene ring substituents is 1. The molecule has 0 atom stereocenters. The van der Waals surface area contributed by atoms with E-state index in [1.807, 2.05) is 4.90 Å². The second-order valence-corrected chi connectivity index (χ2v) is 6.99. The second-order valence-electron chi connectivity index (χ2n) is 6.99. The Bertz CT molecular complexity index is 874. The Morgan fingerprint density at radius 3 is 2.46 bits per heavy atom. The van der Waals surface area contributed by atoms with Gasteiger partial charge in [0.1, 0.15) is 0 Å². The fourth-order valence-electron chi connectivity index (χ4n) is 3.24. The minimum absolute atomic E-state index is 0.115. The third kappa shape index (κ3) is 4.54. The topological polar surface area (TPSA) is 89.8 Å². The largest absolute Gasteiger partial charge is 0.454 e. The first kappa shape index (κ1) is 19.5. The van der Waals surface area contributed by atoms with Crippen molar-refractivity contribution in [2.45, 2.75) is 19.8 Å². The number of hydrogen-bond acceptors (Lipinski definition) is 6. The number of carbonyl (C=O) groups is 2. The predicted molar refractivity (Wildman–Crippen MR) is 105 cm³/mol. The molecule has 3 rings (SSSR count). The van der Waals surface area contributed by atoms with Gasteiger partial charge in [0.15, 0.2) is 12.4 Å². The Hall–Kier alpha value is -3.22. The first-order chi connectivity index (χ1) is 13.5. The van der Waals surface area contributed by atoms with Crippen LogP contribution in [0.1, 0.15) is 40.5 Å². The number of ketones is 1. The van der Waals surface area contributed by atoms with Gasteiger partial charge in [0.05, 0.1) is 16.2 Å². The molecule has 0 amide bonds. The van der Waals surface area contributed by atoms with Crippen molar-refractivity contribution in [1.82, 2.24) is 0 Å². The van der Waals surface area contributed by atoms with Gasteiger partial charge in [-0.3, -0.25) is 14.9 Å². The van der Waals surface area contributed by atoms with Gasteiger partial charge >= 0.3 is 5.97 Å². The third-order valence-corrected chi connectivity index (χ3v) is 4.97. The van der Waals surface area contributed by atoms with E-state index < -0.39 is 17.5 Å². The van der Waals surface area contributed by atoms with Crippen LogP contribution < -0.4 is 4.90 Å². The average molecular weight is 382 g/mol. The van der Waals surface area contributed by atoms with E-state index in [4.69, 9.17) is 4.74 Å². The molecule has 28 heavy (non-hydrogen) atoms. The maximum atomic E-state index is 12.7. The third-order valence-electron chi connectivity index (χ3n) is 4.97. The Morgan fingerprint density at radius 1 is 1.14 bits per heavy atom. The highest BCUT2D eigenvalue weighted by atomic mass is 16.6. The van der Waals surface area contributed by atoms with Gasteiger partial charge in [-0.1, -0.05) is 37.3 Å². The molecule has 1 aliphatic rings. The summed E-state index contributed by atoms with van der Waals surface area (Å²) in [5.41, 5.74) is 0.981. The summed E-state index contributed by atoms with van der Waals surface area (Å²) >= 11 is 0. The number of ether oxygens (including phenoxy) is 1. The summed E-state index contributed by atoms with van der Waals surface area (Å²) in [6, 6.07) is 12.7. The SMILES string of the molecule is CC1CCN(c2ccc([N+](=O)[O-])cc2C(=O)OCC(=O)c2ccccc2)CC1. The highest BCUT2D eigenvalue weighted by Gasteiger charge is 2.24. The maximum Gasteiger partial charge on any atom is 0.340 e. The Kier molecular flexibility index (Phi) is 6.03. The van der Waals surface area contributed by atoms with Crippen LogP contribution in [0.5, 0.6) is 0 Å². The van der Waals surface area contributed by atoms with E-state index >= 15 is 0 Å². The molecule has 7 heteroatoms. The number of nitrogens with zero attached hydrogens (tertiary/aromatic N) is 2. The Labute approximate surface area is 163 Å². The summed E-state index contributed by atoms with van der Waals surface area (Å²) in [6.07, 6.45) is 1.97. The van der Waals surface area contributed by atoms with Crippen LogP contribution in [0.15, 0.2) is 48.5 Å². The fraction of sp³-hybridized carbons (Fsp3) is 0.333. The molecule has 1 saturated heterocycles. The van der Waals surface area contributed by atoms with E-state index in [1.165, 1.54) is 12.1 Å². The molecule has 2 aromatic rings. The molecule has 146 valence electrons. The molecular formula is C21H22N2O5. The van der Waals surface area contributed by atoms with E-state index in [0.717, 1.165) is 25.9 Å². The van der Waals surface area contributed by atoms with Gasteiger partial charge < -0.3 is 9.64 Å². The van der Waals surface area contributed by atoms with Gasteiger partial charge in [-0.25, -0.2) is 4.79 Å². The van der Waals surface area contributed by atoms with Crippen LogP contribution in [-0.4, -0.2) is 36.4 Å². The van der Waals surface area contributed by atoms with Gasteiger partial charge in [0.25, 0.3) is 5.69 Å². The molecule has 0 N–H and O–H groups in total. The fourth-order valence-corrected chi connectivity index (χ4v) is 3.24. The number of carbonyl (C=O) groups excluding carboxylic acids is 2. The van der Waals surface area contributed by atoms with Gasteiger partial charge in [-0.15, -0.1) is 0 Å². The number of piperidine rings is 1. The molecule has 0 saturated carbocycles. The molecule has 0 spiro atoms. The molecule has 7 nitrogen and oxygen atoms in total. The molecule has 0 aliphatic carbocycles. The number of anilines is 1. The summed E-state index contributed by atoms with van der Waals surface area (Å²) in [5.74, 6) is -0.456. The van der Waals surface area contributed by atoms with E-state index in [0.29, 0.717) is 17.2 Å². The molecule has 0 bridgehead atoms. The maximum absolute atomic E-state index is 12.7. The number of Topliss-reactive ketones (excluding diaryl/α,β-unsaturated/α-hetero) is 1. The lowest BCUT2D eigenvalue weighted by Gasteiger charge is -2.33. The van der Waals surface area contributed by atoms with E-state index in [1.54, 1.807) is 36.4 Å². The molecule has 1 heterocycles. The first-order valence-electron chi connectivity index (χ1n) is 9.24. The van der Waals surface area contributed by atoms with Crippen molar-refractivity contribution in [2.75, 3.05) is 24.6 Å². The van der Waals surface area contributed by atoms with Crippen molar-refractivity contribution in [3.63, 3.8) is 0 Å². The number of non-ortho nitro benzene ring substituents is 1. The summed E-state index contributed by atoms with van der Waals surface area (Å²) in [4.78, 5) is 37.5. The van der Waals surface area contributed by atoms with E-state index in [2.05, 4.69) is 6.92 Å². The Balaban J connectivity index is 1.79. The summed E-state index contributed by atoms with van der Waals surface area (Å²) in [6.45, 7) is 3.30. The van der Waals surface area contributed by atoms with E-state index in [9.17, 15) is 19.7 Å². The van der Waals surface area contributed by atoms with Crippen molar-refractivity contribution >= 4 is 23.1 Å². The number of nitro groups is 1. The van der Waals surface area contributed by atoms with Crippen LogP contribution in [0.4, 0.5) is 11.4 Å². The van der Waals surface area contributed by atoms with Crippen molar-refractivity contribution in [3.8, 4) is 0 Å². The van der Waals surface area contributed by atoms with Crippen LogP contribution in [0.2, 0.25) is 0 Å². The summed E-state index contributed by atoms with van der Waals surface area (Å²) in [7, 11) is 0. The molecule has 1 aliphatic heterocycles. The summed E-state index contributed by atoms with van der Waals surface area (Å²) in [5, 5.41) is 11.1. The number of hydrogen-bond donors (Lipinski definition) is 0. The van der Waals surface area contributed by atoms with Gasteiger partial charge in [-0.05, 0) is 24.8 Å². The van der Waals surface area contributed by atoms with E-state index in [-0.39, 0.29) is 17.0 Å². The highest BCUT2D eigenvalue weighted by Crippen LogP contribution is 2.30. The lowest BCUT2D eigenvalue weighted by Crippen LogP contribution is -2.34. The van der Waals surface area contributed by atoms with Crippen LogP contribution in [0.25, 0.3) is 0 Å². The normalized spacial score (nSPS) is 14.5. The van der Waals surface area contributed by atoms with Crippen LogP contribution in [-0.2, 0) is 4.74 Å². The zero-order valence-electron chi connectivity index (χ0n) is 15.7. The van der Waals surface area contributed by atoms with Crippen molar-refractivity contribution in [1.29, 1.82) is 0 Å². The van der Waals surface area contributed by atoms with Gasteiger partial charge in [-0.2, -0.15) is 0 Å². The average Bonchev–Trinajstić information content (AvgIpc) is 2.72. The number of benzene rings is 2. The minimum Gasteiger partial charge on any atom is -0.454 e. The van der Waals surface area contributed by atoms with Gasteiger partial charge in [0.2, 0.25) is 0 Å². The monoisotopic (exact) mass is 382 g/mol. The zero-order valence-corrected chi connectivity index (χ0v) is 15.7.